The zero-order valence-electron chi connectivity index (χ0n) is 14.0. The number of methoxy groups -OCH3 is 1. The maximum atomic E-state index is 13.0. The number of rotatable bonds is 4. The first-order valence-corrected chi connectivity index (χ1v) is 8.17. The summed E-state index contributed by atoms with van der Waals surface area (Å²) < 4.78 is 43.6. The molecule has 0 atom stereocenters. The van der Waals surface area contributed by atoms with Crippen LogP contribution < -0.4 is 4.90 Å². The standard InChI is InChI=1S/C17H15ClF3N3O2/c1-24(11-5-3-4-10(8-11)17(19,20)21)15-12(18)13(16(25)26-2)22-14(23-15)9-6-7-9/h3-5,8-9H,6-7H2,1-2H3. The molecule has 0 bridgehead atoms. The Labute approximate surface area is 152 Å². The first-order valence-electron chi connectivity index (χ1n) is 7.79. The predicted octanol–water partition coefficient (Wildman–Crippen LogP) is 4.58. The van der Waals surface area contributed by atoms with Crippen molar-refractivity contribution < 1.29 is 22.7 Å². The van der Waals surface area contributed by atoms with Crippen molar-refractivity contribution in [2.24, 2.45) is 0 Å². The molecule has 1 aliphatic carbocycles. The SMILES string of the molecule is COC(=O)c1nc(C2CC2)nc(N(C)c2cccc(C(F)(F)F)c2)c1Cl. The zero-order chi connectivity index (χ0) is 19.1. The third kappa shape index (κ3) is 3.60. The lowest BCUT2D eigenvalue weighted by Gasteiger charge is -2.22. The summed E-state index contributed by atoms with van der Waals surface area (Å²) in [7, 11) is 2.73. The number of benzene rings is 1. The molecule has 0 N–H and O–H groups in total. The van der Waals surface area contributed by atoms with Gasteiger partial charge in [0.1, 0.15) is 10.8 Å². The number of hydrogen-bond acceptors (Lipinski definition) is 5. The number of esters is 1. The van der Waals surface area contributed by atoms with Crippen molar-refractivity contribution in [2.75, 3.05) is 19.1 Å². The Morgan fingerprint density at radius 1 is 1.31 bits per heavy atom. The highest BCUT2D eigenvalue weighted by Gasteiger charge is 2.33. The highest BCUT2D eigenvalue weighted by molar-refractivity contribution is 6.35. The molecule has 1 aliphatic rings. The number of carbonyl (C=O) groups is 1. The van der Waals surface area contributed by atoms with Gasteiger partial charge in [-0.2, -0.15) is 13.2 Å². The lowest BCUT2D eigenvalue weighted by molar-refractivity contribution is -0.137. The number of nitrogens with zero attached hydrogens (tertiary/aromatic N) is 3. The second-order valence-electron chi connectivity index (χ2n) is 5.94. The van der Waals surface area contributed by atoms with E-state index in [-0.39, 0.29) is 28.1 Å². The molecule has 0 aliphatic heterocycles. The van der Waals surface area contributed by atoms with Gasteiger partial charge in [-0.1, -0.05) is 17.7 Å². The van der Waals surface area contributed by atoms with Gasteiger partial charge in [0.25, 0.3) is 0 Å². The summed E-state index contributed by atoms with van der Waals surface area (Å²) in [5.74, 6) is -0.0192. The predicted molar refractivity (Wildman–Crippen MR) is 89.9 cm³/mol. The van der Waals surface area contributed by atoms with Gasteiger partial charge in [-0.3, -0.25) is 0 Å². The van der Waals surface area contributed by atoms with Crippen LogP contribution in [0, 0.1) is 0 Å². The first kappa shape index (κ1) is 18.4. The maximum absolute atomic E-state index is 13.0. The van der Waals surface area contributed by atoms with Crippen LogP contribution in [0.3, 0.4) is 0 Å². The van der Waals surface area contributed by atoms with Crippen LogP contribution in [0.1, 0.15) is 40.6 Å². The summed E-state index contributed by atoms with van der Waals surface area (Å²) in [6.45, 7) is 0. The summed E-state index contributed by atoms with van der Waals surface area (Å²) in [4.78, 5) is 21.9. The fourth-order valence-electron chi connectivity index (χ4n) is 2.44. The number of halogens is 4. The second kappa shape index (κ2) is 6.75. The quantitative estimate of drug-likeness (QED) is 0.721. The van der Waals surface area contributed by atoms with E-state index in [1.807, 2.05) is 0 Å². The summed E-state index contributed by atoms with van der Waals surface area (Å²) in [5.41, 5.74) is -0.652. The number of hydrogen-bond donors (Lipinski definition) is 0. The molecular weight excluding hydrogens is 371 g/mol. The summed E-state index contributed by atoms with van der Waals surface area (Å²) in [6, 6.07) is 4.77. The van der Waals surface area contributed by atoms with Crippen LogP contribution in [-0.2, 0) is 10.9 Å². The van der Waals surface area contributed by atoms with E-state index in [4.69, 9.17) is 16.3 Å². The second-order valence-corrected chi connectivity index (χ2v) is 6.32. The highest BCUT2D eigenvalue weighted by atomic mass is 35.5. The number of anilines is 2. The molecule has 1 saturated carbocycles. The molecule has 5 nitrogen and oxygen atoms in total. The molecule has 1 aromatic heterocycles. The molecule has 3 rings (SSSR count). The molecule has 0 radical (unpaired) electrons. The summed E-state index contributed by atoms with van der Waals surface area (Å²) >= 11 is 6.26. The van der Waals surface area contributed by atoms with E-state index >= 15 is 0 Å². The molecule has 1 aromatic carbocycles. The minimum absolute atomic E-state index is 0.0684. The lowest BCUT2D eigenvalue weighted by atomic mass is 10.2. The number of ether oxygens (including phenoxy) is 1. The van der Waals surface area contributed by atoms with Gasteiger partial charge >= 0.3 is 12.1 Å². The van der Waals surface area contributed by atoms with Crippen molar-refractivity contribution in [3.8, 4) is 0 Å². The molecule has 0 spiro atoms. The number of alkyl halides is 3. The zero-order valence-corrected chi connectivity index (χ0v) is 14.7. The maximum Gasteiger partial charge on any atom is 0.416 e. The van der Waals surface area contributed by atoms with Gasteiger partial charge in [0.05, 0.1) is 12.7 Å². The molecule has 26 heavy (non-hydrogen) atoms. The van der Waals surface area contributed by atoms with Gasteiger partial charge in [0.2, 0.25) is 0 Å². The van der Waals surface area contributed by atoms with E-state index in [0.717, 1.165) is 25.0 Å². The fourth-order valence-corrected chi connectivity index (χ4v) is 2.73. The van der Waals surface area contributed by atoms with Crippen molar-refractivity contribution >= 4 is 29.1 Å². The lowest BCUT2D eigenvalue weighted by Crippen LogP contribution is -2.18. The molecule has 0 saturated heterocycles. The Kier molecular flexibility index (Phi) is 4.79. The van der Waals surface area contributed by atoms with Crippen molar-refractivity contribution in [3.63, 3.8) is 0 Å². The Balaban J connectivity index is 2.08. The van der Waals surface area contributed by atoms with Crippen molar-refractivity contribution in [1.82, 2.24) is 9.97 Å². The van der Waals surface area contributed by atoms with Crippen LogP contribution in [0.4, 0.5) is 24.7 Å². The first-order chi connectivity index (χ1) is 12.2. The monoisotopic (exact) mass is 385 g/mol. The Bertz CT molecular complexity index is 854. The fraction of sp³-hybridized carbons (Fsp3) is 0.353. The summed E-state index contributed by atoms with van der Waals surface area (Å²) in [6.07, 6.45) is -2.70. The van der Waals surface area contributed by atoms with E-state index < -0.39 is 17.7 Å². The molecule has 0 amide bonds. The Hall–Kier alpha value is -2.35. The van der Waals surface area contributed by atoms with Crippen LogP contribution in [0.25, 0.3) is 0 Å². The number of carbonyl (C=O) groups excluding carboxylic acids is 1. The van der Waals surface area contributed by atoms with Gasteiger partial charge < -0.3 is 9.64 Å². The van der Waals surface area contributed by atoms with E-state index in [0.29, 0.717) is 5.82 Å². The minimum Gasteiger partial charge on any atom is -0.464 e. The van der Waals surface area contributed by atoms with E-state index in [2.05, 4.69) is 9.97 Å². The third-order valence-corrected chi connectivity index (χ3v) is 4.40. The van der Waals surface area contributed by atoms with Gasteiger partial charge in [-0.15, -0.1) is 0 Å². The van der Waals surface area contributed by atoms with Gasteiger partial charge in [0.15, 0.2) is 11.5 Å². The largest absolute Gasteiger partial charge is 0.464 e. The molecule has 1 heterocycles. The Morgan fingerprint density at radius 2 is 2.00 bits per heavy atom. The van der Waals surface area contributed by atoms with E-state index in [1.54, 1.807) is 0 Å². The van der Waals surface area contributed by atoms with Crippen LogP contribution in [0.5, 0.6) is 0 Å². The van der Waals surface area contributed by atoms with Crippen LogP contribution >= 0.6 is 11.6 Å². The molecule has 0 unspecified atom stereocenters. The minimum atomic E-state index is -4.47. The highest BCUT2D eigenvalue weighted by Crippen LogP contribution is 2.41. The summed E-state index contributed by atoms with van der Waals surface area (Å²) in [5, 5.41) is -0.0684. The van der Waals surface area contributed by atoms with Crippen molar-refractivity contribution in [2.45, 2.75) is 24.9 Å². The van der Waals surface area contributed by atoms with Crippen molar-refractivity contribution in [1.29, 1.82) is 0 Å². The molecule has 9 heteroatoms. The average Bonchev–Trinajstić information content (AvgIpc) is 3.45. The molecule has 2 aromatic rings. The topological polar surface area (TPSA) is 55.3 Å². The van der Waals surface area contributed by atoms with E-state index in [9.17, 15) is 18.0 Å². The van der Waals surface area contributed by atoms with Crippen LogP contribution in [0.15, 0.2) is 24.3 Å². The molecular formula is C17H15ClF3N3O2. The Morgan fingerprint density at radius 3 is 2.58 bits per heavy atom. The average molecular weight is 386 g/mol. The van der Waals surface area contributed by atoms with E-state index in [1.165, 1.54) is 31.2 Å². The normalized spacial score (nSPS) is 14.2. The van der Waals surface area contributed by atoms with Crippen molar-refractivity contribution in [3.05, 3.63) is 46.4 Å². The van der Waals surface area contributed by atoms with Gasteiger partial charge in [-0.05, 0) is 31.0 Å². The molecule has 1 fully saturated rings. The van der Waals surface area contributed by atoms with Gasteiger partial charge in [0, 0.05) is 18.7 Å². The third-order valence-electron chi connectivity index (χ3n) is 4.05. The molecule has 138 valence electrons. The smallest absolute Gasteiger partial charge is 0.416 e. The van der Waals surface area contributed by atoms with Crippen LogP contribution in [0.2, 0.25) is 5.02 Å². The number of aromatic nitrogens is 2. The van der Waals surface area contributed by atoms with Gasteiger partial charge in [-0.25, -0.2) is 14.8 Å². The van der Waals surface area contributed by atoms with Crippen LogP contribution in [-0.4, -0.2) is 30.1 Å².